The Morgan fingerprint density at radius 1 is 1.12 bits per heavy atom. The molecule has 1 aromatic carbocycles. The maximum absolute atomic E-state index is 12.5. The van der Waals surface area contributed by atoms with Gasteiger partial charge in [0, 0.05) is 6.61 Å². The van der Waals surface area contributed by atoms with Crippen LogP contribution in [-0.2, 0) is 25.4 Å². The molecular formula is C19H30O5. The van der Waals surface area contributed by atoms with Gasteiger partial charge in [-0.1, -0.05) is 30.3 Å². The highest BCUT2D eigenvalue weighted by molar-refractivity contribution is 5.73. The summed E-state index contributed by atoms with van der Waals surface area (Å²) in [6.07, 6.45) is -1.61. The van der Waals surface area contributed by atoms with Gasteiger partial charge < -0.3 is 19.3 Å². The van der Waals surface area contributed by atoms with E-state index in [-0.39, 0.29) is 6.61 Å². The molecule has 0 aliphatic heterocycles. The lowest BCUT2D eigenvalue weighted by atomic mass is 9.92. The molecule has 0 aromatic heterocycles. The molecule has 3 unspecified atom stereocenters. The number of aliphatic hydroxyl groups is 1. The number of esters is 1. The van der Waals surface area contributed by atoms with E-state index in [0.29, 0.717) is 13.0 Å². The van der Waals surface area contributed by atoms with Crippen molar-refractivity contribution in [1.82, 2.24) is 0 Å². The molecule has 5 heteroatoms. The van der Waals surface area contributed by atoms with E-state index in [2.05, 4.69) is 0 Å². The molecule has 0 fully saturated rings. The van der Waals surface area contributed by atoms with E-state index >= 15 is 0 Å². The number of hydrogen-bond donors (Lipinski definition) is 1. The molecule has 3 atom stereocenters. The van der Waals surface area contributed by atoms with Crippen molar-refractivity contribution in [2.45, 2.75) is 59.0 Å². The normalized spacial score (nSPS) is 15.6. The van der Waals surface area contributed by atoms with E-state index < -0.39 is 29.9 Å². The van der Waals surface area contributed by atoms with Gasteiger partial charge in [-0.2, -0.15) is 0 Å². The Morgan fingerprint density at radius 3 is 2.25 bits per heavy atom. The third-order valence-corrected chi connectivity index (χ3v) is 3.39. The molecule has 0 saturated heterocycles. The van der Waals surface area contributed by atoms with Crippen molar-refractivity contribution in [3.05, 3.63) is 35.9 Å². The minimum atomic E-state index is -1.20. The first kappa shape index (κ1) is 20.6. The standard InChI is InChI=1S/C19H30O5/c1-6-22-17(20)15(13-14-11-9-8-10-12-14)16(18(21)23-7-2)24-19(3,4)5/h8-12,15-16,18,21H,6-7,13H2,1-5H3. The van der Waals surface area contributed by atoms with Crippen LogP contribution in [0, 0.1) is 5.92 Å². The van der Waals surface area contributed by atoms with Crippen LogP contribution in [0.5, 0.6) is 0 Å². The summed E-state index contributed by atoms with van der Waals surface area (Å²) in [5.74, 6) is -1.05. The highest BCUT2D eigenvalue weighted by atomic mass is 16.6. The van der Waals surface area contributed by atoms with Gasteiger partial charge in [0.05, 0.1) is 18.1 Å². The van der Waals surface area contributed by atoms with Gasteiger partial charge in [0.25, 0.3) is 0 Å². The second-order valence-electron chi connectivity index (χ2n) is 6.59. The average Bonchev–Trinajstić information content (AvgIpc) is 2.51. The predicted molar refractivity (Wildman–Crippen MR) is 92.5 cm³/mol. The Balaban J connectivity index is 3.10. The zero-order valence-corrected chi connectivity index (χ0v) is 15.3. The molecule has 0 amide bonds. The van der Waals surface area contributed by atoms with Crippen molar-refractivity contribution in [3.63, 3.8) is 0 Å². The number of ether oxygens (including phenoxy) is 3. The monoisotopic (exact) mass is 338 g/mol. The Morgan fingerprint density at radius 2 is 1.75 bits per heavy atom. The lowest BCUT2D eigenvalue weighted by Gasteiger charge is -2.34. The maximum atomic E-state index is 12.5. The minimum Gasteiger partial charge on any atom is -0.466 e. The van der Waals surface area contributed by atoms with Gasteiger partial charge >= 0.3 is 5.97 Å². The van der Waals surface area contributed by atoms with Gasteiger partial charge in [-0.15, -0.1) is 0 Å². The smallest absolute Gasteiger partial charge is 0.312 e. The van der Waals surface area contributed by atoms with Crippen LogP contribution in [0.25, 0.3) is 0 Å². The fourth-order valence-electron chi connectivity index (χ4n) is 2.46. The van der Waals surface area contributed by atoms with Crippen molar-refractivity contribution in [2.24, 2.45) is 5.92 Å². The summed E-state index contributed by atoms with van der Waals surface area (Å²) in [6, 6.07) is 9.62. The quantitative estimate of drug-likeness (QED) is 0.554. The van der Waals surface area contributed by atoms with Crippen molar-refractivity contribution in [2.75, 3.05) is 13.2 Å². The summed E-state index contributed by atoms with van der Waals surface area (Å²) in [5.41, 5.74) is 0.436. The first-order valence-corrected chi connectivity index (χ1v) is 8.46. The number of carbonyl (C=O) groups is 1. The molecule has 0 bridgehead atoms. The van der Waals surface area contributed by atoms with Crippen molar-refractivity contribution in [3.8, 4) is 0 Å². The van der Waals surface area contributed by atoms with Crippen LogP contribution in [0.1, 0.15) is 40.2 Å². The van der Waals surface area contributed by atoms with Crippen LogP contribution in [-0.4, -0.2) is 42.3 Å². The summed E-state index contributed by atoms with van der Waals surface area (Å²) in [6.45, 7) is 9.78. The highest BCUT2D eigenvalue weighted by Crippen LogP contribution is 2.25. The van der Waals surface area contributed by atoms with Gasteiger partial charge in [-0.3, -0.25) is 4.79 Å². The maximum Gasteiger partial charge on any atom is 0.312 e. The Hall–Kier alpha value is -1.43. The highest BCUT2D eigenvalue weighted by Gasteiger charge is 2.38. The lowest BCUT2D eigenvalue weighted by molar-refractivity contribution is -0.224. The third kappa shape index (κ3) is 6.99. The van der Waals surface area contributed by atoms with Gasteiger partial charge in [0.1, 0.15) is 6.10 Å². The fourth-order valence-corrected chi connectivity index (χ4v) is 2.46. The molecule has 5 nitrogen and oxygen atoms in total. The van der Waals surface area contributed by atoms with Crippen LogP contribution < -0.4 is 0 Å². The fraction of sp³-hybridized carbons (Fsp3) is 0.632. The first-order valence-electron chi connectivity index (χ1n) is 8.46. The summed E-state index contributed by atoms with van der Waals surface area (Å²) in [7, 11) is 0. The predicted octanol–water partition coefficient (Wildman–Crippen LogP) is 2.95. The number of rotatable bonds is 9. The van der Waals surface area contributed by atoms with E-state index in [9.17, 15) is 9.90 Å². The SMILES string of the molecule is CCOC(=O)C(Cc1ccccc1)C(OC(C)(C)C)C(O)OCC. The lowest BCUT2D eigenvalue weighted by Crippen LogP contribution is -2.46. The van der Waals surface area contributed by atoms with E-state index in [1.165, 1.54) is 0 Å². The molecule has 136 valence electrons. The molecule has 0 saturated carbocycles. The number of hydrogen-bond acceptors (Lipinski definition) is 5. The van der Waals surface area contributed by atoms with Crippen molar-refractivity contribution in [1.29, 1.82) is 0 Å². The largest absolute Gasteiger partial charge is 0.466 e. The second-order valence-corrected chi connectivity index (χ2v) is 6.59. The topological polar surface area (TPSA) is 65.0 Å². The Bertz CT molecular complexity index is 480. The van der Waals surface area contributed by atoms with Crippen LogP contribution >= 0.6 is 0 Å². The van der Waals surface area contributed by atoms with Crippen LogP contribution in [0.15, 0.2) is 30.3 Å². The molecule has 0 heterocycles. The van der Waals surface area contributed by atoms with E-state index in [1.807, 2.05) is 51.1 Å². The number of aliphatic hydroxyl groups excluding tert-OH is 1. The van der Waals surface area contributed by atoms with E-state index in [0.717, 1.165) is 5.56 Å². The molecule has 0 spiro atoms. The van der Waals surface area contributed by atoms with Crippen molar-refractivity contribution >= 4 is 5.97 Å². The summed E-state index contributed by atoms with van der Waals surface area (Å²) in [5, 5.41) is 10.4. The Kier molecular flexibility index (Phi) is 8.39. The summed E-state index contributed by atoms with van der Waals surface area (Å²) < 4.78 is 16.5. The molecule has 0 radical (unpaired) electrons. The average molecular weight is 338 g/mol. The molecule has 1 aromatic rings. The first-order chi connectivity index (χ1) is 11.3. The van der Waals surface area contributed by atoms with Crippen LogP contribution in [0.4, 0.5) is 0 Å². The van der Waals surface area contributed by atoms with E-state index in [1.54, 1.807) is 13.8 Å². The van der Waals surface area contributed by atoms with Gasteiger partial charge in [0.2, 0.25) is 0 Å². The second kappa shape index (κ2) is 9.77. The number of benzene rings is 1. The van der Waals surface area contributed by atoms with Crippen LogP contribution in [0.2, 0.25) is 0 Å². The van der Waals surface area contributed by atoms with Gasteiger partial charge in [0.15, 0.2) is 6.29 Å². The number of carbonyl (C=O) groups excluding carboxylic acids is 1. The van der Waals surface area contributed by atoms with Gasteiger partial charge in [-0.05, 0) is 46.6 Å². The summed E-state index contributed by atoms with van der Waals surface area (Å²) in [4.78, 5) is 12.5. The van der Waals surface area contributed by atoms with E-state index in [4.69, 9.17) is 14.2 Å². The van der Waals surface area contributed by atoms with Crippen molar-refractivity contribution < 1.29 is 24.1 Å². The molecule has 0 aliphatic rings. The third-order valence-electron chi connectivity index (χ3n) is 3.39. The minimum absolute atomic E-state index is 0.275. The zero-order chi connectivity index (χ0) is 18.2. The molecule has 24 heavy (non-hydrogen) atoms. The molecule has 1 rings (SSSR count). The molecule has 1 N–H and O–H groups in total. The molecular weight excluding hydrogens is 308 g/mol. The Labute approximate surface area is 144 Å². The molecule has 0 aliphatic carbocycles. The van der Waals surface area contributed by atoms with Crippen LogP contribution in [0.3, 0.4) is 0 Å². The summed E-state index contributed by atoms with van der Waals surface area (Å²) >= 11 is 0. The zero-order valence-electron chi connectivity index (χ0n) is 15.3. The van der Waals surface area contributed by atoms with Gasteiger partial charge in [-0.25, -0.2) is 0 Å².